The smallest absolute Gasteiger partial charge is 0.238 e. The van der Waals surface area contributed by atoms with E-state index in [4.69, 9.17) is 4.55 Å². The van der Waals surface area contributed by atoms with Crippen LogP contribution in [0.3, 0.4) is 0 Å². The van der Waals surface area contributed by atoms with E-state index in [1.807, 2.05) is 0 Å². The fourth-order valence-electron chi connectivity index (χ4n) is 1.14. The Morgan fingerprint density at radius 1 is 1.31 bits per heavy atom. The zero-order valence-corrected chi connectivity index (χ0v) is 8.23. The lowest BCUT2D eigenvalue weighted by Crippen LogP contribution is -2.59. The Balaban J connectivity index is 3.55. The van der Waals surface area contributed by atoms with Crippen molar-refractivity contribution in [1.82, 2.24) is 4.90 Å². The summed E-state index contributed by atoms with van der Waals surface area (Å²) in [6.45, 7) is 0. The minimum Gasteiger partial charge on any atom is -0.238 e. The summed E-state index contributed by atoms with van der Waals surface area (Å²) in [5.41, 5.74) is 0. The third-order valence-electron chi connectivity index (χ3n) is 2.13. The molecule has 5 nitrogen and oxygen atoms in total. The van der Waals surface area contributed by atoms with E-state index in [-0.39, 0.29) is 7.05 Å². The van der Waals surface area contributed by atoms with Gasteiger partial charge in [-0.05, 0) is 0 Å². The molecule has 0 aromatic heterocycles. The molecule has 0 aromatic carbocycles. The van der Waals surface area contributed by atoms with Gasteiger partial charge < -0.3 is 0 Å². The van der Waals surface area contributed by atoms with Crippen LogP contribution in [0.15, 0.2) is 0 Å². The molecule has 0 radical (unpaired) electrons. The maximum absolute atomic E-state index is 13.2. The standard InChI is InChI=1S/C4H4F6N2O3S/c1-11-3(6,7)2(5)12(10,4(11,8)9)16(13,14)15/h2H,1H3/p+1. The highest BCUT2D eigenvalue weighted by molar-refractivity contribution is 7.80. The van der Waals surface area contributed by atoms with Gasteiger partial charge in [-0.25, -0.2) is 4.55 Å². The molecule has 12 heteroatoms. The molecule has 16 heavy (non-hydrogen) atoms. The van der Waals surface area contributed by atoms with Gasteiger partial charge >= 0.3 is 28.8 Å². The Kier molecular flexibility index (Phi) is 2.52. The maximum atomic E-state index is 13.2. The molecule has 96 valence electrons. The first-order valence-corrected chi connectivity index (χ1v) is 4.90. The molecule has 1 saturated heterocycles. The highest BCUT2D eigenvalue weighted by Gasteiger charge is 2.89. The summed E-state index contributed by atoms with van der Waals surface area (Å²) in [5, 5.41) is 0. The molecule has 0 saturated carbocycles. The van der Waals surface area contributed by atoms with Crippen LogP contribution in [0.5, 0.6) is 0 Å². The van der Waals surface area contributed by atoms with E-state index in [9.17, 15) is 34.9 Å². The van der Waals surface area contributed by atoms with Crippen molar-refractivity contribution in [2.75, 3.05) is 7.05 Å². The average Bonchev–Trinajstić information content (AvgIpc) is 2.18. The summed E-state index contributed by atoms with van der Waals surface area (Å²) in [7, 11) is -6.52. The second-order valence-corrected chi connectivity index (χ2v) is 4.44. The summed E-state index contributed by atoms with van der Waals surface area (Å²) in [4.78, 5) is -1.40. The lowest BCUT2D eigenvalue weighted by Gasteiger charge is -2.23. The van der Waals surface area contributed by atoms with Crippen LogP contribution >= 0.6 is 0 Å². The lowest BCUT2D eigenvalue weighted by molar-refractivity contribution is -1.05. The van der Waals surface area contributed by atoms with Gasteiger partial charge in [0.25, 0.3) is 0 Å². The molecule has 0 aliphatic carbocycles. The Labute approximate surface area is 85.3 Å². The summed E-state index contributed by atoms with van der Waals surface area (Å²) in [6.07, 6.45) is -9.93. The third-order valence-corrected chi connectivity index (χ3v) is 3.21. The van der Waals surface area contributed by atoms with Gasteiger partial charge in [-0.1, -0.05) is 0 Å². The van der Waals surface area contributed by atoms with Crippen molar-refractivity contribution in [3.05, 3.63) is 0 Å². The summed E-state index contributed by atoms with van der Waals surface area (Å²) in [5.74, 6) is 0. The number of likely N-dealkylation sites (N-methyl/N-ethyl adjacent to an activating group) is 1. The van der Waals surface area contributed by atoms with Crippen LogP contribution in [0, 0.1) is 0 Å². The highest BCUT2D eigenvalue weighted by atomic mass is 32.2. The fourth-order valence-corrected chi connectivity index (χ4v) is 1.90. The van der Waals surface area contributed by atoms with E-state index in [1.165, 1.54) is 0 Å². The van der Waals surface area contributed by atoms with Gasteiger partial charge in [-0.15, -0.1) is 22.1 Å². The predicted molar refractivity (Wildman–Crippen MR) is 35.5 cm³/mol. The normalized spacial score (nSPS) is 38.9. The van der Waals surface area contributed by atoms with Gasteiger partial charge in [0, 0.05) is 11.5 Å². The van der Waals surface area contributed by atoms with Crippen LogP contribution in [-0.4, -0.2) is 47.5 Å². The Bertz CT molecular complexity index is 412. The van der Waals surface area contributed by atoms with Crippen molar-refractivity contribution in [3.63, 3.8) is 0 Å². The van der Waals surface area contributed by atoms with Crippen molar-refractivity contribution < 1.29 is 43.5 Å². The van der Waals surface area contributed by atoms with E-state index < -0.39 is 37.8 Å². The van der Waals surface area contributed by atoms with Gasteiger partial charge in [0.1, 0.15) is 4.11 Å². The first-order chi connectivity index (χ1) is 6.81. The molecule has 1 aliphatic heterocycles. The number of halogens is 6. The molecule has 2 atom stereocenters. The fraction of sp³-hybridized carbons (Fsp3) is 1.00. The monoisotopic (exact) mass is 275 g/mol. The van der Waals surface area contributed by atoms with Gasteiger partial charge in [0.15, 0.2) is 0 Å². The molecule has 0 amide bonds. The molecule has 1 fully saturated rings. The number of hydrogen-bond donors (Lipinski definition) is 1. The molecule has 1 aliphatic rings. The number of quaternary nitrogens is 1. The van der Waals surface area contributed by atoms with Crippen LogP contribution in [0.1, 0.15) is 0 Å². The first-order valence-electron chi connectivity index (χ1n) is 3.51. The van der Waals surface area contributed by atoms with Crippen LogP contribution in [0.2, 0.25) is 0 Å². The van der Waals surface area contributed by atoms with E-state index in [2.05, 4.69) is 0 Å². The molecule has 0 bridgehead atoms. The van der Waals surface area contributed by atoms with Crippen molar-refractivity contribution in [3.8, 4) is 0 Å². The van der Waals surface area contributed by atoms with Crippen LogP contribution in [-0.2, 0) is 10.3 Å². The number of nitrogens with zero attached hydrogens (tertiary/aromatic N) is 2. The van der Waals surface area contributed by atoms with Crippen molar-refractivity contribution in [2.45, 2.75) is 18.5 Å². The molecule has 0 spiro atoms. The second kappa shape index (κ2) is 3.00. The van der Waals surface area contributed by atoms with Crippen LogP contribution < -0.4 is 0 Å². The quantitative estimate of drug-likeness (QED) is 0.334. The maximum Gasteiger partial charge on any atom is 0.523 e. The number of rotatable bonds is 1. The van der Waals surface area contributed by atoms with Gasteiger partial charge in [-0.2, -0.15) is 13.2 Å². The lowest BCUT2D eigenvalue weighted by atomic mass is 10.5. The minimum absolute atomic E-state index is 0.0860. The molecule has 1 rings (SSSR count). The van der Waals surface area contributed by atoms with E-state index in [0.717, 1.165) is 0 Å². The van der Waals surface area contributed by atoms with Crippen LogP contribution in [0.4, 0.5) is 26.4 Å². The van der Waals surface area contributed by atoms with Gasteiger partial charge in [-0.3, -0.25) is 0 Å². The molecular weight excluding hydrogens is 270 g/mol. The Morgan fingerprint density at radius 3 is 1.81 bits per heavy atom. The highest BCUT2D eigenvalue weighted by Crippen LogP contribution is 2.53. The van der Waals surface area contributed by atoms with Gasteiger partial charge in [0.05, 0.1) is 0 Å². The SMILES string of the molecule is CN1C(F)(F)C(F)[N+](F)(S(=O)(=O)O)C1(F)F. The zero-order chi connectivity index (χ0) is 13.2. The average molecular weight is 275 g/mol. The third kappa shape index (κ3) is 1.20. The number of hydrogen-bond acceptors (Lipinski definition) is 3. The largest absolute Gasteiger partial charge is 0.523 e. The van der Waals surface area contributed by atoms with Crippen LogP contribution in [0.25, 0.3) is 0 Å². The Hall–Kier alpha value is -0.590. The predicted octanol–water partition coefficient (Wildman–Crippen LogP) is 0.875. The molecular formula is C4H5F6N2O3S+. The summed E-state index contributed by atoms with van der Waals surface area (Å²) < 4.78 is 101. The topological polar surface area (TPSA) is 57.6 Å². The van der Waals surface area contributed by atoms with Crippen molar-refractivity contribution in [2.24, 2.45) is 0 Å². The first kappa shape index (κ1) is 13.5. The van der Waals surface area contributed by atoms with E-state index >= 15 is 0 Å². The molecule has 2 unspecified atom stereocenters. The summed E-state index contributed by atoms with van der Waals surface area (Å²) >= 11 is 0. The minimum atomic E-state index is -6.44. The zero-order valence-electron chi connectivity index (χ0n) is 7.41. The van der Waals surface area contributed by atoms with Crippen molar-refractivity contribution in [1.29, 1.82) is 0 Å². The second-order valence-electron chi connectivity index (χ2n) is 3.02. The van der Waals surface area contributed by atoms with Gasteiger partial charge in [0.2, 0.25) is 0 Å². The molecule has 1 N–H and O–H groups in total. The summed E-state index contributed by atoms with van der Waals surface area (Å²) in [6, 6.07) is -5.09. The van der Waals surface area contributed by atoms with E-state index in [0.29, 0.717) is 0 Å². The Morgan fingerprint density at radius 2 is 1.69 bits per heavy atom. The molecule has 1 heterocycles. The van der Waals surface area contributed by atoms with Crippen molar-refractivity contribution >= 4 is 10.3 Å². The van der Waals surface area contributed by atoms with E-state index in [1.54, 1.807) is 0 Å². The number of alkyl halides is 5. The molecule has 0 aromatic rings.